The average molecular weight is 704 g/mol. The molecule has 0 aliphatic carbocycles. The molecule has 6 heterocycles. The molecule has 4 aromatic rings. The number of aryl methyl sites for hydroxylation is 1. The van der Waals surface area contributed by atoms with Crippen LogP contribution in [0.4, 0.5) is 28.8 Å². The molecule has 8 rings (SSSR count). The van der Waals surface area contributed by atoms with Gasteiger partial charge >= 0.3 is 0 Å². The van der Waals surface area contributed by atoms with E-state index in [1.807, 2.05) is 30.6 Å². The summed E-state index contributed by atoms with van der Waals surface area (Å²) < 4.78 is 0. The fraction of sp³-hybridized carbons (Fsp3) is 0.421. The van der Waals surface area contributed by atoms with E-state index in [9.17, 15) is 14.7 Å². The molecule has 3 unspecified atom stereocenters. The molecule has 3 fully saturated rings. The number of anilines is 5. The van der Waals surface area contributed by atoms with Gasteiger partial charge in [-0.25, -0.2) is 9.97 Å². The van der Waals surface area contributed by atoms with Crippen molar-refractivity contribution in [1.82, 2.24) is 30.4 Å². The van der Waals surface area contributed by atoms with Gasteiger partial charge in [0, 0.05) is 63.1 Å². The van der Waals surface area contributed by atoms with E-state index in [2.05, 4.69) is 72.3 Å². The number of carbonyl (C=O) groups excluding carboxylic acids is 2. The second-order valence-electron chi connectivity index (χ2n) is 14.5. The Balaban J connectivity index is 0.860. The van der Waals surface area contributed by atoms with Crippen molar-refractivity contribution in [3.63, 3.8) is 0 Å². The third-order valence-corrected chi connectivity index (χ3v) is 10.9. The van der Waals surface area contributed by atoms with Gasteiger partial charge in [0.05, 0.1) is 29.4 Å². The lowest BCUT2D eigenvalue weighted by Crippen LogP contribution is -2.54. The van der Waals surface area contributed by atoms with Gasteiger partial charge in [0.1, 0.15) is 11.8 Å². The number of imide groups is 1. The second kappa shape index (κ2) is 13.9. The summed E-state index contributed by atoms with van der Waals surface area (Å²) in [6.45, 7) is 3.88. The number of para-hydroxylation sites is 2. The number of nitrogens with two attached hydrogens (primary N) is 1. The van der Waals surface area contributed by atoms with Gasteiger partial charge in [0.2, 0.25) is 17.8 Å². The van der Waals surface area contributed by atoms with Crippen LogP contribution in [-0.2, 0) is 22.6 Å². The van der Waals surface area contributed by atoms with Crippen molar-refractivity contribution >= 4 is 40.6 Å². The zero-order valence-corrected chi connectivity index (χ0v) is 29.6. The van der Waals surface area contributed by atoms with Gasteiger partial charge in [-0.1, -0.05) is 24.3 Å². The van der Waals surface area contributed by atoms with E-state index in [0.29, 0.717) is 36.6 Å². The number of hydrogen-bond acceptors (Lipinski definition) is 13. The standard InChI is InChI=1S/C38H45N11O3/c1-45(20-25-8-5-10-30-35(25)46(2)23-48(30)31-14-15-34(51)42-37(31)52)16-6-7-24-18-40-38(41-19-24)49-26-12-13-27(49)22-47(21-26)32-17-29(43-44-36(32)39)28-9-3-4-11-33(28)50/h3-5,8-11,17-19,26-27,31,50H,6-7,12-16,20-23H2,1-2H3,(H2,39,44)(H,42,51,52). The number of amides is 2. The summed E-state index contributed by atoms with van der Waals surface area (Å²) >= 11 is 0. The van der Waals surface area contributed by atoms with Gasteiger partial charge < -0.3 is 35.3 Å². The lowest BCUT2D eigenvalue weighted by Gasteiger charge is -2.42. The summed E-state index contributed by atoms with van der Waals surface area (Å²) in [5, 5.41) is 21.4. The molecule has 14 heteroatoms. The van der Waals surface area contributed by atoms with Crippen LogP contribution in [0.2, 0.25) is 0 Å². The molecule has 14 nitrogen and oxygen atoms in total. The molecule has 2 bridgehead atoms. The summed E-state index contributed by atoms with van der Waals surface area (Å²) in [6, 6.07) is 15.5. The van der Waals surface area contributed by atoms with Gasteiger partial charge in [-0.2, -0.15) is 0 Å². The monoisotopic (exact) mass is 703 g/mol. The van der Waals surface area contributed by atoms with Gasteiger partial charge in [0.15, 0.2) is 5.82 Å². The number of benzene rings is 2. The van der Waals surface area contributed by atoms with Crippen LogP contribution >= 0.6 is 0 Å². The normalized spacial score (nSPS) is 21.2. The van der Waals surface area contributed by atoms with Crippen molar-refractivity contribution < 1.29 is 14.7 Å². The van der Waals surface area contributed by atoms with Gasteiger partial charge in [-0.05, 0) is 81.1 Å². The van der Waals surface area contributed by atoms with Gasteiger partial charge in [0.25, 0.3) is 0 Å². The Labute approximate surface area is 303 Å². The lowest BCUT2D eigenvalue weighted by atomic mass is 10.0. The van der Waals surface area contributed by atoms with E-state index in [1.54, 1.807) is 12.1 Å². The summed E-state index contributed by atoms with van der Waals surface area (Å²) in [5.74, 6) is 0.917. The molecule has 52 heavy (non-hydrogen) atoms. The first-order valence-electron chi connectivity index (χ1n) is 18.1. The number of nitrogens with zero attached hydrogens (tertiary/aromatic N) is 9. The molecule has 4 aliphatic rings. The number of piperidine rings is 1. The van der Waals surface area contributed by atoms with Gasteiger partial charge in [-0.3, -0.25) is 14.9 Å². The first-order chi connectivity index (χ1) is 25.2. The molecule has 2 aromatic heterocycles. The zero-order chi connectivity index (χ0) is 35.9. The van der Waals surface area contributed by atoms with Crippen LogP contribution in [0.25, 0.3) is 11.3 Å². The summed E-state index contributed by atoms with van der Waals surface area (Å²) in [4.78, 5) is 45.4. The highest BCUT2D eigenvalue weighted by Gasteiger charge is 2.42. The molecule has 3 atom stereocenters. The Bertz CT molecular complexity index is 1960. The Morgan fingerprint density at radius 1 is 0.981 bits per heavy atom. The molecule has 4 N–H and O–H groups in total. The maximum Gasteiger partial charge on any atom is 0.249 e. The number of piperazine rings is 1. The van der Waals surface area contributed by atoms with Crippen LogP contribution in [0.15, 0.2) is 60.9 Å². The average Bonchev–Trinajstić information content (AvgIpc) is 3.61. The predicted octanol–water partition coefficient (Wildman–Crippen LogP) is 3.16. The maximum absolute atomic E-state index is 12.6. The van der Waals surface area contributed by atoms with Crippen LogP contribution in [0, 0.1) is 0 Å². The van der Waals surface area contributed by atoms with Crippen molar-refractivity contribution in [3.8, 4) is 17.0 Å². The molecular weight excluding hydrogens is 658 g/mol. The van der Waals surface area contributed by atoms with Crippen molar-refractivity contribution in [1.29, 1.82) is 0 Å². The molecular formula is C38H45N11O3. The van der Waals surface area contributed by atoms with Crippen molar-refractivity contribution in [2.75, 3.05) is 65.7 Å². The molecule has 0 spiro atoms. The number of rotatable bonds is 10. The molecule has 0 radical (unpaired) electrons. The van der Waals surface area contributed by atoms with E-state index in [0.717, 1.165) is 80.4 Å². The topological polar surface area (TPSA) is 160 Å². The Morgan fingerprint density at radius 2 is 1.75 bits per heavy atom. The minimum atomic E-state index is -0.336. The smallest absolute Gasteiger partial charge is 0.249 e. The van der Waals surface area contributed by atoms with E-state index < -0.39 is 0 Å². The predicted molar refractivity (Wildman–Crippen MR) is 200 cm³/mol. The van der Waals surface area contributed by atoms with E-state index in [1.165, 1.54) is 5.56 Å². The molecule has 270 valence electrons. The number of fused-ring (bicyclic) bond motifs is 3. The van der Waals surface area contributed by atoms with Crippen LogP contribution in [0.5, 0.6) is 5.75 Å². The molecule has 2 amide bonds. The van der Waals surface area contributed by atoms with Crippen LogP contribution in [-0.4, -0.2) is 101 Å². The lowest BCUT2D eigenvalue weighted by molar-refractivity contribution is -0.134. The number of phenols is 1. The SMILES string of the molecule is CN(CCCc1cnc(N2C3CCC2CN(c2cc(-c4ccccc4O)nnc2N)C3)nc1)Cc1cccc2c1N(C)CN2C1CCC(=O)NC1=O. The highest BCUT2D eigenvalue weighted by atomic mass is 16.3. The van der Waals surface area contributed by atoms with Crippen LogP contribution < -0.4 is 30.7 Å². The van der Waals surface area contributed by atoms with E-state index in [-0.39, 0.29) is 35.7 Å². The number of carbonyl (C=O) groups is 2. The number of aromatic nitrogens is 4. The second-order valence-corrected chi connectivity index (χ2v) is 14.5. The summed E-state index contributed by atoms with van der Waals surface area (Å²) in [5.41, 5.74) is 12.9. The van der Waals surface area contributed by atoms with E-state index >= 15 is 0 Å². The minimum Gasteiger partial charge on any atom is -0.507 e. The third kappa shape index (κ3) is 6.42. The van der Waals surface area contributed by atoms with E-state index in [4.69, 9.17) is 15.7 Å². The fourth-order valence-electron chi connectivity index (χ4n) is 8.43. The first kappa shape index (κ1) is 33.6. The van der Waals surface area contributed by atoms with Crippen LogP contribution in [0.3, 0.4) is 0 Å². The maximum atomic E-state index is 12.6. The Hall–Kier alpha value is -5.50. The summed E-state index contributed by atoms with van der Waals surface area (Å²) in [6.07, 6.45) is 8.81. The minimum absolute atomic E-state index is 0.162. The highest BCUT2D eigenvalue weighted by Crippen LogP contribution is 2.41. The number of phenolic OH excluding ortho intramolecular Hbond substituents is 1. The number of hydrogen-bond donors (Lipinski definition) is 3. The fourth-order valence-corrected chi connectivity index (χ4v) is 8.43. The first-order valence-corrected chi connectivity index (χ1v) is 18.1. The zero-order valence-electron chi connectivity index (χ0n) is 29.6. The number of aromatic hydroxyl groups is 1. The Kier molecular flexibility index (Phi) is 8.99. The Morgan fingerprint density at radius 3 is 2.50 bits per heavy atom. The number of nitrogens with one attached hydrogen (secondary N) is 1. The third-order valence-electron chi connectivity index (χ3n) is 10.9. The van der Waals surface area contributed by atoms with Gasteiger partial charge in [-0.15, -0.1) is 10.2 Å². The molecule has 2 aromatic carbocycles. The number of nitrogen functional groups attached to an aromatic ring is 1. The largest absolute Gasteiger partial charge is 0.507 e. The highest BCUT2D eigenvalue weighted by molar-refractivity contribution is 6.02. The van der Waals surface area contributed by atoms with Crippen LogP contribution in [0.1, 0.15) is 43.2 Å². The molecule has 0 saturated carbocycles. The quantitative estimate of drug-likeness (QED) is 0.207. The van der Waals surface area contributed by atoms with Crippen molar-refractivity contribution in [2.45, 2.75) is 63.2 Å². The van der Waals surface area contributed by atoms with Crippen molar-refractivity contribution in [3.05, 3.63) is 72.1 Å². The molecule has 4 aliphatic heterocycles. The molecule has 3 saturated heterocycles. The van der Waals surface area contributed by atoms with Crippen molar-refractivity contribution in [2.24, 2.45) is 0 Å². The summed E-state index contributed by atoms with van der Waals surface area (Å²) in [7, 11) is 4.20.